The summed E-state index contributed by atoms with van der Waals surface area (Å²) < 4.78 is 27.7. The molecule has 2 rings (SSSR count). The second-order valence-electron chi connectivity index (χ2n) is 5.34. The Morgan fingerprint density at radius 2 is 2.20 bits per heavy atom. The highest BCUT2D eigenvalue weighted by Gasteiger charge is 2.19. The van der Waals surface area contributed by atoms with Crippen molar-refractivity contribution in [2.75, 3.05) is 25.2 Å². The smallest absolute Gasteiger partial charge is 0.150 e. The van der Waals surface area contributed by atoms with Gasteiger partial charge in [-0.15, -0.1) is 0 Å². The topological polar surface area (TPSA) is 55.4 Å². The van der Waals surface area contributed by atoms with Crippen molar-refractivity contribution in [3.05, 3.63) is 29.3 Å². The summed E-state index contributed by atoms with van der Waals surface area (Å²) >= 11 is 0. The number of hydrogen-bond acceptors (Lipinski definition) is 4. The summed E-state index contributed by atoms with van der Waals surface area (Å²) in [5.74, 6) is 0.828. The summed E-state index contributed by atoms with van der Waals surface area (Å²) in [5, 5.41) is 3.50. The van der Waals surface area contributed by atoms with Gasteiger partial charge in [0.05, 0.1) is 5.75 Å². The lowest BCUT2D eigenvalue weighted by molar-refractivity contribution is 0.340. The lowest BCUT2D eigenvalue weighted by Gasteiger charge is -2.26. The first-order valence-corrected chi connectivity index (χ1v) is 9.22. The van der Waals surface area contributed by atoms with Crippen molar-refractivity contribution < 1.29 is 13.2 Å². The van der Waals surface area contributed by atoms with E-state index in [1.54, 1.807) is 0 Å². The Kier molecular flexibility index (Phi) is 5.05. The maximum Gasteiger partial charge on any atom is 0.150 e. The summed E-state index contributed by atoms with van der Waals surface area (Å²) in [5.41, 5.74) is 2.67. The molecule has 1 aromatic carbocycles. The number of benzene rings is 1. The molecule has 0 bridgehead atoms. The molecule has 0 saturated heterocycles. The predicted octanol–water partition coefficient (Wildman–Crippen LogP) is 2.10. The average Bonchev–Trinajstić information content (AvgIpc) is 2.37. The van der Waals surface area contributed by atoms with Gasteiger partial charge in [0.25, 0.3) is 0 Å². The van der Waals surface area contributed by atoms with E-state index >= 15 is 0 Å². The van der Waals surface area contributed by atoms with Crippen LogP contribution in [0, 0.1) is 0 Å². The molecule has 20 heavy (non-hydrogen) atoms. The van der Waals surface area contributed by atoms with Crippen LogP contribution in [-0.4, -0.2) is 33.6 Å². The van der Waals surface area contributed by atoms with E-state index in [4.69, 9.17) is 4.74 Å². The molecule has 1 N–H and O–H groups in total. The minimum atomic E-state index is -2.96. The monoisotopic (exact) mass is 297 g/mol. The highest BCUT2D eigenvalue weighted by Crippen LogP contribution is 2.32. The molecule has 0 spiro atoms. The van der Waals surface area contributed by atoms with E-state index in [2.05, 4.69) is 24.4 Å². The van der Waals surface area contributed by atoms with Gasteiger partial charge in [-0.05, 0) is 49.1 Å². The number of rotatable bonds is 6. The fraction of sp³-hybridized carbons (Fsp3) is 0.600. The minimum absolute atomic E-state index is 0.0596. The van der Waals surface area contributed by atoms with Crippen LogP contribution in [0.2, 0.25) is 0 Å². The molecule has 1 aliphatic carbocycles. The molecule has 0 radical (unpaired) electrons. The van der Waals surface area contributed by atoms with Crippen molar-refractivity contribution >= 4 is 9.84 Å². The first-order valence-electron chi connectivity index (χ1n) is 7.16. The molecule has 0 aliphatic heterocycles. The molecule has 0 saturated carbocycles. The van der Waals surface area contributed by atoms with E-state index in [0.717, 1.165) is 18.7 Å². The molecule has 4 nitrogen and oxygen atoms in total. The molecule has 1 unspecified atom stereocenters. The van der Waals surface area contributed by atoms with Crippen LogP contribution in [0.4, 0.5) is 0 Å². The van der Waals surface area contributed by atoms with Gasteiger partial charge in [0, 0.05) is 12.3 Å². The van der Waals surface area contributed by atoms with Crippen LogP contribution in [-0.2, 0) is 16.3 Å². The number of aryl methyl sites for hydroxylation is 1. The molecule has 112 valence electrons. The zero-order valence-electron chi connectivity index (χ0n) is 12.2. The molecule has 0 fully saturated rings. The van der Waals surface area contributed by atoms with E-state index in [9.17, 15) is 8.42 Å². The average molecular weight is 297 g/mol. The Balaban J connectivity index is 2.04. The van der Waals surface area contributed by atoms with Crippen LogP contribution in [0.3, 0.4) is 0 Å². The van der Waals surface area contributed by atoms with Gasteiger partial charge in [-0.2, -0.15) is 0 Å². The Morgan fingerprint density at radius 3 is 2.90 bits per heavy atom. The molecule has 1 aliphatic rings. The van der Waals surface area contributed by atoms with Crippen molar-refractivity contribution in [2.45, 2.75) is 32.2 Å². The maximum absolute atomic E-state index is 11.1. The minimum Gasteiger partial charge on any atom is -0.493 e. The standard InChI is InChI=1S/C15H23NO3S/c1-3-16-15-6-4-5-12-11-13(7-8-14(12)15)19-9-10-20(2,17)18/h7-8,11,15-16H,3-6,9-10H2,1-2H3. The Bertz CT molecular complexity index is 554. The van der Waals surface area contributed by atoms with Gasteiger partial charge < -0.3 is 10.1 Å². The quantitative estimate of drug-likeness (QED) is 0.873. The molecule has 5 heteroatoms. The first kappa shape index (κ1) is 15.3. The largest absolute Gasteiger partial charge is 0.493 e. The summed E-state index contributed by atoms with van der Waals surface area (Å²) in [6.45, 7) is 3.31. The van der Waals surface area contributed by atoms with E-state index in [-0.39, 0.29) is 12.4 Å². The van der Waals surface area contributed by atoms with E-state index in [0.29, 0.717) is 6.04 Å². The number of nitrogens with one attached hydrogen (secondary N) is 1. The van der Waals surface area contributed by atoms with Crippen molar-refractivity contribution in [3.63, 3.8) is 0 Å². The Labute approximate surface area is 121 Å². The van der Waals surface area contributed by atoms with Crippen LogP contribution < -0.4 is 10.1 Å². The number of sulfone groups is 1. The van der Waals surface area contributed by atoms with E-state index < -0.39 is 9.84 Å². The molecule has 0 amide bonds. The van der Waals surface area contributed by atoms with Gasteiger partial charge in [-0.25, -0.2) is 8.42 Å². The summed E-state index contributed by atoms with van der Waals surface area (Å²) in [4.78, 5) is 0. The normalized spacial score (nSPS) is 18.6. The Hall–Kier alpha value is -1.07. The SMILES string of the molecule is CCNC1CCCc2cc(OCCS(C)(=O)=O)ccc21. The van der Waals surface area contributed by atoms with Crippen molar-refractivity contribution in [3.8, 4) is 5.75 Å². The highest BCUT2D eigenvalue weighted by molar-refractivity contribution is 7.90. The van der Waals surface area contributed by atoms with Crippen molar-refractivity contribution in [2.24, 2.45) is 0 Å². The third kappa shape index (κ3) is 4.21. The van der Waals surface area contributed by atoms with Crippen molar-refractivity contribution in [1.29, 1.82) is 0 Å². The predicted molar refractivity (Wildman–Crippen MR) is 81.0 cm³/mol. The van der Waals surface area contributed by atoms with Crippen LogP contribution in [0.5, 0.6) is 5.75 Å². The second-order valence-corrected chi connectivity index (χ2v) is 7.60. The summed E-state index contributed by atoms with van der Waals surface area (Å²) in [6.07, 6.45) is 4.65. The fourth-order valence-corrected chi connectivity index (χ4v) is 3.04. The van der Waals surface area contributed by atoms with Gasteiger partial charge in [-0.1, -0.05) is 13.0 Å². The molecule has 1 atom stereocenters. The Morgan fingerprint density at radius 1 is 1.40 bits per heavy atom. The van der Waals surface area contributed by atoms with Gasteiger partial charge in [0.1, 0.15) is 12.4 Å². The second kappa shape index (κ2) is 6.59. The molecular formula is C15H23NO3S. The molecular weight excluding hydrogens is 274 g/mol. The van der Waals surface area contributed by atoms with Crippen LogP contribution in [0.15, 0.2) is 18.2 Å². The lowest BCUT2D eigenvalue weighted by Crippen LogP contribution is -2.24. The van der Waals surface area contributed by atoms with Crippen LogP contribution >= 0.6 is 0 Å². The number of fused-ring (bicyclic) bond motifs is 1. The van der Waals surface area contributed by atoms with Gasteiger partial charge in [-0.3, -0.25) is 0 Å². The maximum atomic E-state index is 11.1. The van der Waals surface area contributed by atoms with Crippen molar-refractivity contribution in [1.82, 2.24) is 5.32 Å². The highest BCUT2D eigenvalue weighted by atomic mass is 32.2. The van der Waals surface area contributed by atoms with Crippen LogP contribution in [0.25, 0.3) is 0 Å². The molecule has 1 aromatic rings. The third-order valence-electron chi connectivity index (χ3n) is 3.60. The van der Waals surface area contributed by atoms with E-state index in [1.165, 1.54) is 30.2 Å². The van der Waals surface area contributed by atoms with Gasteiger partial charge in [0.2, 0.25) is 0 Å². The molecule has 0 aromatic heterocycles. The van der Waals surface area contributed by atoms with Gasteiger partial charge >= 0.3 is 0 Å². The van der Waals surface area contributed by atoms with Crippen LogP contribution in [0.1, 0.15) is 36.9 Å². The third-order valence-corrected chi connectivity index (χ3v) is 4.51. The fourth-order valence-electron chi connectivity index (χ4n) is 2.65. The number of hydrogen-bond donors (Lipinski definition) is 1. The molecule has 0 heterocycles. The lowest BCUT2D eigenvalue weighted by atomic mass is 9.87. The first-order chi connectivity index (χ1) is 9.49. The summed E-state index contributed by atoms with van der Waals surface area (Å²) in [7, 11) is -2.96. The van der Waals surface area contributed by atoms with E-state index in [1.807, 2.05) is 6.07 Å². The zero-order valence-corrected chi connectivity index (χ0v) is 13.0. The zero-order chi connectivity index (χ0) is 14.6. The summed E-state index contributed by atoms with van der Waals surface area (Å²) in [6, 6.07) is 6.55. The number of ether oxygens (including phenoxy) is 1. The van der Waals surface area contributed by atoms with Gasteiger partial charge in [0.15, 0.2) is 9.84 Å².